The molecule has 1 fully saturated rings. The smallest absolute Gasteiger partial charge is 0.0943 e. The van der Waals surface area contributed by atoms with E-state index < -0.39 is 11.0 Å². The summed E-state index contributed by atoms with van der Waals surface area (Å²) >= 11 is 0. The predicted octanol–water partition coefficient (Wildman–Crippen LogP) is 0.698. The number of hydrogen-bond acceptors (Lipinski definition) is 2. The third kappa shape index (κ3) is 3.75. The zero-order valence-corrected chi connectivity index (χ0v) is 9.48. The molecule has 0 saturated carbocycles. The molecular formula is C9H20N2OS. The zero-order chi connectivity index (χ0) is 9.68. The molecule has 1 aliphatic rings. The van der Waals surface area contributed by atoms with Gasteiger partial charge in [-0.25, -0.2) is 8.51 Å². The van der Waals surface area contributed by atoms with Gasteiger partial charge in [0, 0.05) is 31.9 Å². The van der Waals surface area contributed by atoms with Crippen LogP contribution in [-0.2, 0) is 11.0 Å². The van der Waals surface area contributed by atoms with E-state index in [2.05, 4.69) is 23.2 Å². The van der Waals surface area contributed by atoms with Crippen LogP contribution in [0.1, 0.15) is 19.8 Å². The van der Waals surface area contributed by atoms with Crippen LogP contribution in [-0.4, -0.2) is 52.4 Å². The Morgan fingerprint density at radius 2 is 1.85 bits per heavy atom. The van der Waals surface area contributed by atoms with E-state index in [0.29, 0.717) is 0 Å². The molecule has 1 heterocycles. The minimum atomic E-state index is -0.715. The second kappa shape index (κ2) is 5.73. The molecule has 13 heavy (non-hydrogen) atoms. The summed E-state index contributed by atoms with van der Waals surface area (Å²) in [5.41, 5.74) is 0. The highest BCUT2D eigenvalue weighted by atomic mass is 32.2. The van der Waals surface area contributed by atoms with Crippen LogP contribution in [0.4, 0.5) is 0 Å². The molecule has 0 spiro atoms. The van der Waals surface area contributed by atoms with Crippen molar-refractivity contribution in [2.75, 3.05) is 39.0 Å². The summed E-state index contributed by atoms with van der Waals surface area (Å²) in [5.74, 6) is 0.847. The summed E-state index contributed by atoms with van der Waals surface area (Å²) in [6.07, 6.45) is 2.22. The maximum absolute atomic E-state index is 11.7. The fraction of sp³-hybridized carbons (Fsp3) is 1.00. The molecule has 3 nitrogen and oxygen atoms in total. The molecule has 1 atom stereocenters. The van der Waals surface area contributed by atoms with Gasteiger partial charge in [-0.05, 0) is 13.5 Å². The lowest BCUT2D eigenvalue weighted by atomic mass is 10.4. The van der Waals surface area contributed by atoms with Crippen molar-refractivity contribution >= 4 is 11.0 Å². The van der Waals surface area contributed by atoms with E-state index in [1.807, 2.05) is 0 Å². The summed E-state index contributed by atoms with van der Waals surface area (Å²) in [6, 6.07) is 0. The molecule has 0 N–H and O–H groups in total. The summed E-state index contributed by atoms with van der Waals surface area (Å²) in [4.78, 5) is 2.29. The molecule has 1 aliphatic heterocycles. The highest BCUT2D eigenvalue weighted by Crippen LogP contribution is 2.04. The number of likely N-dealkylation sites (N-methyl/N-ethyl adjacent to an activating group) is 1. The first-order valence-corrected chi connectivity index (χ1v) is 6.33. The maximum Gasteiger partial charge on any atom is 0.0943 e. The van der Waals surface area contributed by atoms with Crippen LogP contribution in [0.3, 0.4) is 0 Å². The lowest BCUT2D eigenvalue weighted by Gasteiger charge is -2.31. The third-order valence-corrected chi connectivity index (χ3v) is 4.00. The minimum Gasteiger partial charge on any atom is -0.304 e. The van der Waals surface area contributed by atoms with E-state index in [9.17, 15) is 4.21 Å². The Labute approximate surface area is 83.7 Å². The zero-order valence-electron chi connectivity index (χ0n) is 8.66. The molecule has 0 radical (unpaired) electrons. The number of unbranched alkanes of at least 4 members (excludes halogenated alkanes) is 1. The van der Waals surface area contributed by atoms with Gasteiger partial charge in [-0.1, -0.05) is 13.3 Å². The van der Waals surface area contributed by atoms with Crippen LogP contribution in [0.5, 0.6) is 0 Å². The van der Waals surface area contributed by atoms with Crippen LogP contribution >= 0.6 is 0 Å². The average Bonchev–Trinajstić information content (AvgIpc) is 2.15. The highest BCUT2D eigenvalue weighted by molar-refractivity contribution is 7.82. The molecule has 4 heteroatoms. The molecule has 78 valence electrons. The van der Waals surface area contributed by atoms with Crippen molar-refractivity contribution in [3.63, 3.8) is 0 Å². The molecule has 0 aromatic rings. The molecule has 0 aromatic carbocycles. The summed E-state index contributed by atoms with van der Waals surface area (Å²) < 4.78 is 13.8. The van der Waals surface area contributed by atoms with Gasteiger partial charge in [-0.3, -0.25) is 0 Å². The molecular weight excluding hydrogens is 184 g/mol. The van der Waals surface area contributed by atoms with Crippen LogP contribution in [0, 0.1) is 0 Å². The molecule has 1 saturated heterocycles. The molecule has 1 rings (SSSR count). The number of piperazine rings is 1. The summed E-state index contributed by atoms with van der Waals surface area (Å²) in [7, 11) is 1.40. The number of hydrogen-bond donors (Lipinski definition) is 0. The Morgan fingerprint density at radius 1 is 1.23 bits per heavy atom. The second-order valence-electron chi connectivity index (χ2n) is 3.61. The van der Waals surface area contributed by atoms with Crippen molar-refractivity contribution in [3.05, 3.63) is 0 Å². The highest BCUT2D eigenvalue weighted by Gasteiger charge is 2.17. The van der Waals surface area contributed by atoms with Gasteiger partial charge in [0.05, 0.1) is 11.0 Å². The third-order valence-electron chi connectivity index (χ3n) is 2.42. The molecule has 1 unspecified atom stereocenters. The van der Waals surface area contributed by atoms with Gasteiger partial charge in [0.25, 0.3) is 0 Å². The van der Waals surface area contributed by atoms with Crippen LogP contribution in [0.2, 0.25) is 0 Å². The Morgan fingerprint density at radius 3 is 2.38 bits per heavy atom. The van der Waals surface area contributed by atoms with Crippen LogP contribution < -0.4 is 0 Å². The van der Waals surface area contributed by atoms with E-state index in [-0.39, 0.29) is 0 Å². The molecule has 0 amide bonds. The average molecular weight is 204 g/mol. The fourth-order valence-corrected chi connectivity index (χ4v) is 2.75. The van der Waals surface area contributed by atoms with Gasteiger partial charge >= 0.3 is 0 Å². The topological polar surface area (TPSA) is 23.6 Å². The monoisotopic (exact) mass is 204 g/mol. The van der Waals surface area contributed by atoms with Crippen molar-refractivity contribution in [1.82, 2.24) is 9.21 Å². The predicted molar refractivity (Wildman–Crippen MR) is 57.0 cm³/mol. The lowest BCUT2D eigenvalue weighted by molar-refractivity contribution is 0.228. The molecule has 0 bridgehead atoms. The second-order valence-corrected chi connectivity index (χ2v) is 5.18. The standard InChI is InChI=1S/C9H20N2OS/c1-3-4-9-13(12)11-7-5-10(2)6-8-11/h3-9H2,1-2H3. The van der Waals surface area contributed by atoms with Gasteiger partial charge in [0.15, 0.2) is 0 Å². The lowest BCUT2D eigenvalue weighted by Crippen LogP contribution is -2.45. The Hall–Kier alpha value is 0.0700. The van der Waals surface area contributed by atoms with Crippen molar-refractivity contribution in [2.24, 2.45) is 0 Å². The number of rotatable bonds is 4. The van der Waals surface area contributed by atoms with Crippen molar-refractivity contribution in [2.45, 2.75) is 19.8 Å². The molecule has 0 aliphatic carbocycles. The van der Waals surface area contributed by atoms with E-state index in [1.165, 1.54) is 0 Å². The minimum absolute atomic E-state index is 0.715. The maximum atomic E-state index is 11.7. The van der Waals surface area contributed by atoms with Crippen molar-refractivity contribution < 1.29 is 4.21 Å². The van der Waals surface area contributed by atoms with Crippen molar-refractivity contribution in [1.29, 1.82) is 0 Å². The summed E-state index contributed by atoms with van der Waals surface area (Å²) in [6.45, 7) is 6.18. The van der Waals surface area contributed by atoms with E-state index >= 15 is 0 Å². The fourth-order valence-electron chi connectivity index (χ4n) is 1.39. The van der Waals surface area contributed by atoms with Gasteiger partial charge in [-0.15, -0.1) is 0 Å². The van der Waals surface area contributed by atoms with Gasteiger partial charge in [-0.2, -0.15) is 0 Å². The normalized spacial score (nSPS) is 23.2. The Kier molecular flexibility index (Phi) is 4.91. The van der Waals surface area contributed by atoms with Gasteiger partial charge in [0.2, 0.25) is 0 Å². The van der Waals surface area contributed by atoms with E-state index in [1.54, 1.807) is 0 Å². The Bertz CT molecular complexity index is 167. The number of nitrogens with zero attached hydrogens (tertiary/aromatic N) is 2. The van der Waals surface area contributed by atoms with Crippen LogP contribution in [0.25, 0.3) is 0 Å². The first-order chi connectivity index (χ1) is 6.24. The van der Waals surface area contributed by atoms with E-state index in [4.69, 9.17) is 0 Å². The van der Waals surface area contributed by atoms with Gasteiger partial charge < -0.3 is 4.90 Å². The Balaban J connectivity index is 2.23. The first-order valence-electron chi connectivity index (χ1n) is 5.06. The van der Waals surface area contributed by atoms with Gasteiger partial charge in [0.1, 0.15) is 0 Å². The van der Waals surface area contributed by atoms with Crippen molar-refractivity contribution in [3.8, 4) is 0 Å². The largest absolute Gasteiger partial charge is 0.304 e. The van der Waals surface area contributed by atoms with E-state index in [0.717, 1.165) is 44.8 Å². The summed E-state index contributed by atoms with van der Waals surface area (Å²) in [5, 5.41) is 0. The van der Waals surface area contributed by atoms with Crippen LogP contribution in [0.15, 0.2) is 0 Å². The molecule has 0 aromatic heterocycles. The quantitative estimate of drug-likeness (QED) is 0.673. The SMILES string of the molecule is CCCCS(=O)N1CCN(C)CC1. The first kappa shape index (κ1) is 11.1.